The minimum atomic E-state index is -0.0651. The van der Waals surface area contributed by atoms with Gasteiger partial charge in [-0.15, -0.1) is 35.3 Å². The van der Waals surface area contributed by atoms with Crippen LogP contribution in [0.25, 0.3) is 0 Å². The molecule has 142 valence electrons. The zero-order chi connectivity index (χ0) is 18.1. The molecule has 0 bridgehead atoms. The Morgan fingerprint density at radius 3 is 2.58 bits per heavy atom. The Morgan fingerprint density at radius 1 is 1.23 bits per heavy atom. The number of nitrogens with one attached hydrogen (secondary N) is 3. The zero-order valence-electron chi connectivity index (χ0n) is 15.3. The highest BCUT2D eigenvalue weighted by Gasteiger charge is 2.04. The number of guanidine groups is 1. The molecule has 1 aromatic heterocycles. The molecule has 0 radical (unpaired) electrons. The highest BCUT2D eigenvalue weighted by atomic mass is 127. The smallest absolute Gasteiger partial charge is 0.251 e. The third-order valence-corrected chi connectivity index (χ3v) is 4.62. The van der Waals surface area contributed by atoms with Gasteiger partial charge in [0.1, 0.15) is 0 Å². The predicted molar refractivity (Wildman–Crippen MR) is 119 cm³/mol. The van der Waals surface area contributed by atoms with Gasteiger partial charge in [-0.05, 0) is 31.0 Å². The van der Waals surface area contributed by atoms with E-state index < -0.39 is 0 Å². The summed E-state index contributed by atoms with van der Waals surface area (Å²) in [6, 6.07) is 7.66. The summed E-state index contributed by atoms with van der Waals surface area (Å²) < 4.78 is 0. The molecule has 0 aliphatic rings. The Kier molecular flexibility index (Phi) is 10.2. The van der Waals surface area contributed by atoms with Crippen LogP contribution in [0.2, 0.25) is 0 Å². The molecule has 2 rings (SSSR count). The average Bonchev–Trinajstić information content (AvgIpc) is 3.05. The molecule has 0 aliphatic heterocycles. The van der Waals surface area contributed by atoms with Crippen LogP contribution in [0.5, 0.6) is 0 Å². The molecular formula is C18H26IN5OS. The number of thiazole rings is 1. The molecule has 3 N–H and O–H groups in total. The van der Waals surface area contributed by atoms with Crippen molar-refractivity contribution in [2.45, 2.75) is 19.8 Å². The molecule has 0 atom stereocenters. The summed E-state index contributed by atoms with van der Waals surface area (Å²) in [6.07, 6.45) is 3.60. The van der Waals surface area contributed by atoms with E-state index in [1.165, 1.54) is 4.88 Å². The van der Waals surface area contributed by atoms with Gasteiger partial charge in [0.2, 0.25) is 0 Å². The molecule has 8 heteroatoms. The average molecular weight is 487 g/mol. The number of carbonyl (C=O) groups excluding carboxylic acids is 1. The lowest BCUT2D eigenvalue weighted by atomic mass is 10.1. The number of halogens is 1. The van der Waals surface area contributed by atoms with E-state index in [1.54, 1.807) is 25.4 Å². The van der Waals surface area contributed by atoms with E-state index in [-0.39, 0.29) is 29.9 Å². The molecule has 0 aliphatic carbocycles. The molecule has 1 heterocycles. The van der Waals surface area contributed by atoms with Gasteiger partial charge in [-0.2, -0.15) is 0 Å². The van der Waals surface area contributed by atoms with Crippen LogP contribution in [-0.2, 0) is 12.8 Å². The largest absolute Gasteiger partial charge is 0.356 e. The first kappa shape index (κ1) is 22.4. The van der Waals surface area contributed by atoms with Gasteiger partial charge in [0, 0.05) is 50.2 Å². The number of aliphatic imine (C=N–C) groups is 1. The van der Waals surface area contributed by atoms with Gasteiger partial charge >= 0.3 is 0 Å². The SMILES string of the molecule is CN=C(NCCc1cccc(C(=O)NC)c1)NCCc1ncc(C)s1.I. The van der Waals surface area contributed by atoms with Crippen molar-refractivity contribution in [1.82, 2.24) is 20.9 Å². The maximum atomic E-state index is 11.7. The minimum absolute atomic E-state index is 0. The van der Waals surface area contributed by atoms with Crippen molar-refractivity contribution >= 4 is 47.2 Å². The maximum absolute atomic E-state index is 11.7. The van der Waals surface area contributed by atoms with E-state index >= 15 is 0 Å². The van der Waals surface area contributed by atoms with Crippen LogP contribution in [-0.4, -0.2) is 44.0 Å². The number of aromatic nitrogens is 1. The second-order valence-electron chi connectivity index (χ2n) is 5.57. The van der Waals surface area contributed by atoms with Gasteiger partial charge in [0.15, 0.2) is 5.96 Å². The Morgan fingerprint density at radius 2 is 1.96 bits per heavy atom. The van der Waals surface area contributed by atoms with Gasteiger partial charge in [0.05, 0.1) is 5.01 Å². The lowest BCUT2D eigenvalue weighted by Gasteiger charge is -2.11. The Hall–Kier alpha value is -1.68. The Labute approximate surface area is 175 Å². The van der Waals surface area contributed by atoms with E-state index in [2.05, 4.69) is 32.9 Å². The summed E-state index contributed by atoms with van der Waals surface area (Å²) >= 11 is 1.72. The van der Waals surface area contributed by atoms with Gasteiger partial charge in [-0.25, -0.2) is 4.98 Å². The Bertz CT molecular complexity index is 732. The van der Waals surface area contributed by atoms with E-state index in [0.29, 0.717) is 5.56 Å². The predicted octanol–water partition coefficient (Wildman–Crippen LogP) is 2.38. The normalized spacial score (nSPS) is 10.8. The Balaban J connectivity index is 0.00000338. The molecule has 6 nitrogen and oxygen atoms in total. The fourth-order valence-corrected chi connectivity index (χ4v) is 3.15. The molecule has 0 saturated carbocycles. The third-order valence-electron chi connectivity index (χ3n) is 3.65. The topological polar surface area (TPSA) is 78.4 Å². The van der Waals surface area contributed by atoms with Crippen LogP contribution in [0.15, 0.2) is 35.5 Å². The molecule has 0 saturated heterocycles. The van der Waals surface area contributed by atoms with Crippen molar-refractivity contribution in [1.29, 1.82) is 0 Å². The first-order valence-corrected chi connectivity index (χ1v) is 9.11. The fourth-order valence-electron chi connectivity index (χ4n) is 2.36. The van der Waals surface area contributed by atoms with E-state index in [9.17, 15) is 4.79 Å². The van der Waals surface area contributed by atoms with E-state index in [1.807, 2.05) is 30.5 Å². The van der Waals surface area contributed by atoms with E-state index in [4.69, 9.17) is 0 Å². The first-order valence-electron chi connectivity index (χ1n) is 8.29. The van der Waals surface area contributed by atoms with Crippen molar-refractivity contribution in [3.8, 4) is 0 Å². The summed E-state index contributed by atoms with van der Waals surface area (Å²) in [7, 11) is 3.40. The van der Waals surface area contributed by atoms with Crippen molar-refractivity contribution in [3.05, 3.63) is 51.5 Å². The van der Waals surface area contributed by atoms with Gasteiger partial charge in [-0.3, -0.25) is 9.79 Å². The second-order valence-corrected chi connectivity index (χ2v) is 6.89. The molecule has 2 aromatic rings. The molecule has 1 aromatic carbocycles. The summed E-state index contributed by atoms with van der Waals surface area (Å²) in [6.45, 7) is 3.60. The number of nitrogens with zero attached hydrogens (tertiary/aromatic N) is 2. The lowest BCUT2D eigenvalue weighted by Crippen LogP contribution is -2.39. The molecule has 0 spiro atoms. The highest BCUT2D eigenvalue weighted by molar-refractivity contribution is 14.0. The first-order chi connectivity index (χ1) is 12.1. The molecule has 0 unspecified atom stereocenters. The number of aryl methyl sites for hydroxylation is 1. The molecule has 1 amide bonds. The van der Waals surface area contributed by atoms with Crippen molar-refractivity contribution < 1.29 is 4.79 Å². The fraction of sp³-hybridized carbons (Fsp3) is 0.389. The van der Waals surface area contributed by atoms with Crippen molar-refractivity contribution in [3.63, 3.8) is 0 Å². The van der Waals surface area contributed by atoms with Crippen molar-refractivity contribution in [2.75, 3.05) is 27.2 Å². The number of carbonyl (C=O) groups is 1. The van der Waals surface area contributed by atoms with Gasteiger partial charge in [-0.1, -0.05) is 12.1 Å². The quantitative estimate of drug-likeness (QED) is 0.319. The standard InChI is InChI=1S/C18H25N5OS.HI/c1-13-12-23-16(25-13)8-10-22-18(20-3)21-9-7-14-5-4-6-15(11-14)17(24)19-2;/h4-6,11-12H,7-10H2,1-3H3,(H,19,24)(H2,20,21,22);1H. The number of benzene rings is 1. The summed E-state index contributed by atoms with van der Waals surface area (Å²) in [4.78, 5) is 21.5. The maximum Gasteiger partial charge on any atom is 0.251 e. The lowest BCUT2D eigenvalue weighted by molar-refractivity contribution is 0.0963. The number of hydrogen-bond acceptors (Lipinski definition) is 4. The van der Waals surface area contributed by atoms with Crippen LogP contribution in [0.4, 0.5) is 0 Å². The number of rotatable bonds is 7. The zero-order valence-corrected chi connectivity index (χ0v) is 18.5. The van der Waals surface area contributed by atoms with Crippen LogP contribution in [0.3, 0.4) is 0 Å². The minimum Gasteiger partial charge on any atom is -0.356 e. The van der Waals surface area contributed by atoms with Gasteiger partial charge in [0.25, 0.3) is 5.91 Å². The molecule has 26 heavy (non-hydrogen) atoms. The number of amides is 1. The van der Waals surface area contributed by atoms with Gasteiger partial charge < -0.3 is 16.0 Å². The highest BCUT2D eigenvalue weighted by Crippen LogP contribution is 2.10. The molecular weight excluding hydrogens is 461 g/mol. The molecule has 0 fully saturated rings. The summed E-state index contributed by atoms with van der Waals surface area (Å²) in [5.41, 5.74) is 1.79. The monoisotopic (exact) mass is 487 g/mol. The van der Waals surface area contributed by atoms with Crippen LogP contribution in [0, 0.1) is 6.92 Å². The van der Waals surface area contributed by atoms with E-state index in [0.717, 1.165) is 42.5 Å². The van der Waals surface area contributed by atoms with Crippen molar-refractivity contribution in [2.24, 2.45) is 4.99 Å². The number of hydrogen-bond donors (Lipinski definition) is 3. The van der Waals surface area contributed by atoms with Crippen LogP contribution in [0.1, 0.15) is 25.8 Å². The third kappa shape index (κ3) is 7.28. The summed E-state index contributed by atoms with van der Waals surface area (Å²) in [5.74, 6) is 0.709. The van der Waals surface area contributed by atoms with Crippen LogP contribution < -0.4 is 16.0 Å². The van der Waals surface area contributed by atoms with Crippen LogP contribution >= 0.6 is 35.3 Å². The second kappa shape index (κ2) is 11.8. The summed E-state index contributed by atoms with van der Waals surface area (Å²) in [5, 5.41) is 10.4.